The minimum absolute atomic E-state index is 0.996. The summed E-state index contributed by atoms with van der Waals surface area (Å²) in [5.74, 6) is 0. The van der Waals surface area contributed by atoms with Crippen LogP contribution in [0.25, 0.3) is 0 Å². The largest absolute Gasteiger partial charge is 0.265 e. The van der Waals surface area contributed by atoms with Crippen LogP contribution in [0.3, 0.4) is 0 Å². The normalized spacial score (nSPS) is 11.4. The SMILES string of the molecule is CCCCCCCCCCC=CCCCCCCc1ccc(I=O)cc1. The second-order valence-electron chi connectivity index (χ2n) is 7.39. The zero-order valence-electron chi connectivity index (χ0n) is 16.9. The van der Waals surface area contributed by atoms with Crippen LogP contribution in [0.15, 0.2) is 36.4 Å². The van der Waals surface area contributed by atoms with Crippen LogP contribution in [-0.2, 0) is 9.49 Å². The van der Waals surface area contributed by atoms with Crippen LogP contribution in [0.4, 0.5) is 0 Å². The van der Waals surface area contributed by atoms with Gasteiger partial charge in [-0.15, -0.1) is 0 Å². The molecule has 1 aromatic carbocycles. The molecule has 0 atom stereocenters. The summed E-state index contributed by atoms with van der Waals surface area (Å²) in [4.78, 5) is 0. The molecule has 0 amide bonds. The molecule has 2 heteroatoms. The highest BCUT2D eigenvalue weighted by Gasteiger charge is 1.95. The third-order valence-electron chi connectivity index (χ3n) is 4.98. The Morgan fingerprint density at radius 2 is 1.19 bits per heavy atom. The first kappa shape index (κ1) is 23.5. The van der Waals surface area contributed by atoms with Crippen LogP contribution in [0.1, 0.15) is 102 Å². The Hall–Kier alpha value is -0.510. The number of halogens is 1. The lowest BCUT2D eigenvalue weighted by atomic mass is 10.1. The fraction of sp³-hybridized carbons (Fsp3) is 0.667. The molecule has 0 saturated heterocycles. The molecule has 0 radical (unpaired) electrons. The van der Waals surface area contributed by atoms with Crippen LogP contribution >= 0.6 is 21.2 Å². The third kappa shape index (κ3) is 13.7. The van der Waals surface area contributed by atoms with Gasteiger partial charge in [-0.1, -0.05) is 89.0 Å². The zero-order chi connectivity index (χ0) is 18.7. The molecule has 0 unspecified atom stereocenters. The molecule has 1 nitrogen and oxygen atoms in total. The molecule has 148 valence electrons. The maximum absolute atomic E-state index is 10.9. The van der Waals surface area contributed by atoms with Gasteiger partial charge in [-0.2, -0.15) is 0 Å². The minimum atomic E-state index is -0.996. The molecule has 1 rings (SSSR count). The third-order valence-corrected chi connectivity index (χ3v) is 6.21. The molecule has 0 aromatic heterocycles. The topological polar surface area (TPSA) is 17.1 Å². The summed E-state index contributed by atoms with van der Waals surface area (Å²) in [6.45, 7) is 2.28. The van der Waals surface area contributed by atoms with Gasteiger partial charge >= 0.3 is 0 Å². The fourth-order valence-corrected chi connectivity index (χ4v) is 3.93. The van der Waals surface area contributed by atoms with Gasteiger partial charge in [0.15, 0.2) is 21.2 Å². The summed E-state index contributed by atoms with van der Waals surface area (Å²) in [6.07, 6.45) is 25.0. The molecule has 0 bridgehead atoms. The maximum Gasteiger partial charge on any atom is 0.182 e. The van der Waals surface area contributed by atoms with Crippen molar-refractivity contribution in [1.82, 2.24) is 0 Å². The smallest absolute Gasteiger partial charge is 0.182 e. The quantitative estimate of drug-likeness (QED) is 0.126. The Morgan fingerprint density at radius 1 is 0.692 bits per heavy atom. The molecule has 0 aliphatic carbocycles. The first-order valence-electron chi connectivity index (χ1n) is 10.9. The van der Waals surface area contributed by atoms with E-state index in [1.807, 2.05) is 12.1 Å². The highest BCUT2D eigenvalue weighted by molar-refractivity contribution is 14.1. The number of benzene rings is 1. The van der Waals surface area contributed by atoms with Crippen LogP contribution in [0, 0.1) is 3.57 Å². The van der Waals surface area contributed by atoms with Gasteiger partial charge in [-0.25, -0.2) is 0 Å². The van der Waals surface area contributed by atoms with Crippen molar-refractivity contribution in [3.05, 3.63) is 45.6 Å². The van der Waals surface area contributed by atoms with Crippen molar-refractivity contribution in [2.75, 3.05) is 0 Å². The molecule has 0 saturated carbocycles. The predicted molar refractivity (Wildman–Crippen MR) is 123 cm³/mol. The Balaban J connectivity index is 1.83. The van der Waals surface area contributed by atoms with Gasteiger partial charge in [0.25, 0.3) is 0 Å². The summed E-state index contributed by atoms with van der Waals surface area (Å²) < 4.78 is 11.9. The van der Waals surface area contributed by atoms with Crippen molar-refractivity contribution in [1.29, 1.82) is 0 Å². The van der Waals surface area contributed by atoms with E-state index in [0.717, 1.165) is 9.99 Å². The van der Waals surface area contributed by atoms with Crippen LogP contribution in [-0.4, -0.2) is 0 Å². The van der Waals surface area contributed by atoms with Crippen LogP contribution < -0.4 is 0 Å². The molecule has 26 heavy (non-hydrogen) atoms. The van der Waals surface area contributed by atoms with E-state index < -0.39 is 21.2 Å². The van der Waals surface area contributed by atoms with Crippen LogP contribution in [0.2, 0.25) is 0 Å². The molecule has 0 spiro atoms. The Bertz CT molecular complexity index is 464. The number of aryl methyl sites for hydroxylation is 1. The monoisotopic (exact) mass is 470 g/mol. The van der Waals surface area contributed by atoms with Gasteiger partial charge in [0.05, 0.1) is 0 Å². The van der Waals surface area contributed by atoms with Crippen molar-refractivity contribution in [2.45, 2.75) is 103 Å². The van der Waals surface area contributed by atoms with Gasteiger partial charge in [-0.3, -0.25) is 3.07 Å². The first-order valence-corrected chi connectivity index (χ1v) is 12.8. The van der Waals surface area contributed by atoms with Gasteiger partial charge in [0.2, 0.25) is 0 Å². The summed E-state index contributed by atoms with van der Waals surface area (Å²) in [7, 11) is 0. The molecular formula is C24H39IO. The summed E-state index contributed by atoms with van der Waals surface area (Å²) in [5.41, 5.74) is 1.39. The Labute approximate surface area is 172 Å². The second-order valence-corrected chi connectivity index (χ2v) is 9.08. The van der Waals surface area contributed by atoms with E-state index in [9.17, 15) is 3.07 Å². The average molecular weight is 470 g/mol. The number of allylic oxidation sites excluding steroid dienone is 2. The van der Waals surface area contributed by atoms with E-state index in [1.165, 1.54) is 95.5 Å². The second kappa shape index (κ2) is 17.9. The van der Waals surface area contributed by atoms with E-state index in [1.54, 1.807) is 0 Å². The molecule has 0 aliphatic rings. The minimum Gasteiger partial charge on any atom is -0.265 e. The fourth-order valence-electron chi connectivity index (χ4n) is 3.28. The van der Waals surface area contributed by atoms with Crippen molar-refractivity contribution in [2.24, 2.45) is 0 Å². The zero-order valence-corrected chi connectivity index (χ0v) is 19.0. The molecule has 1 aromatic rings. The highest BCUT2D eigenvalue weighted by atomic mass is 127. The number of hydrogen-bond acceptors (Lipinski definition) is 1. The summed E-state index contributed by atoms with van der Waals surface area (Å²) in [5, 5.41) is 0. The average Bonchev–Trinajstić information content (AvgIpc) is 2.68. The number of rotatable bonds is 17. The lowest BCUT2D eigenvalue weighted by molar-refractivity contribution is 0.577. The number of unbranched alkanes of at least 4 members (excludes halogenated alkanes) is 12. The lowest BCUT2D eigenvalue weighted by Gasteiger charge is -2.02. The van der Waals surface area contributed by atoms with Crippen molar-refractivity contribution >= 4 is 21.2 Å². The maximum atomic E-state index is 10.9. The molecule has 0 N–H and O–H groups in total. The predicted octanol–water partition coefficient (Wildman–Crippen LogP) is 8.75. The molecular weight excluding hydrogens is 431 g/mol. The molecule has 0 heterocycles. The van der Waals surface area contributed by atoms with E-state index in [2.05, 4.69) is 31.2 Å². The summed E-state index contributed by atoms with van der Waals surface area (Å²) in [6, 6.07) is 8.32. The van der Waals surface area contributed by atoms with Crippen LogP contribution in [0.5, 0.6) is 0 Å². The highest BCUT2D eigenvalue weighted by Crippen LogP contribution is 2.14. The molecule has 0 fully saturated rings. The first-order chi connectivity index (χ1) is 12.9. The standard InChI is InChI=1S/C24H39IO/c1-2-3-4-5-6-7-8-9-10-11-12-13-14-15-16-17-18-23-19-21-24(25-26)22-20-23/h11-12,19-22H,2-10,13-18H2,1H3. The van der Waals surface area contributed by atoms with E-state index in [0.29, 0.717) is 0 Å². The lowest BCUT2D eigenvalue weighted by Crippen LogP contribution is -1.86. The molecule has 0 aliphatic heterocycles. The van der Waals surface area contributed by atoms with Crippen molar-refractivity contribution in [3.8, 4) is 0 Å². The van der Waals surface area contributed by atoms with Crippen molar-refractivity contribution in [3.63, 3.8) is 0 Å². The van der Waals surface area contributed by atoms with E-state index >= 15 is 0 Å². The van der Waals surface area contributed by atoms with E-state index in [4.69, 9.17) is 0 Å². The number of hydrogen-bond donors (Lipinski definition) is 0. The van der Waals surface area contributed by atoms with E-state index in [-0.39, 0.29) is 0 Å². The van der Waals surface area contributed by atoms with Gasteiger partial charge in [0.1, 0.15) is 0 Å². The van der Waals surface area contributed by atoms with Gasteiger partial charge in [0, 0.05) is 3.57 Å². The van der Waals surface area contributed by atoms with Gasteiger partial charge < -0.3 is 0 Å². The van der Waals surface area contributed by atoms with Crippen molar-refractivity contribution < 1.29 is 3.07 Å². The summed E-state index contributed by atoms with van der Waals surface area (Å²) >= 11 is -0.996. The Morgan fingerprint density at radius 3 is 1.73 bits per heavy atom. The Kier molecular flexibility index (Phi) is 16.2. The van der Waals surface area contributed by atoms with Gasteiger partial charge in [-0.05, 0) is 56.2 Å².